The van der Waals surface area contributed by atoms with Gasteiger partial charge in [-0.25, -0.2) is 4.68 Å². The smallest absolute Gasteiger partial charge is 0.0645 e. The molecule has 0 amide bonds. The Hall–Kier alpha value is -1.65. The van der Waals surface area contributed by atoms with E-state index in [9.17, 15) is 0 Å². The van der Waals surface area contributed by atoms with Crippen LogP contribution in [0.25, 0.3) is 5.69 Å². The fourth-order valence-electron chi connectivity index (χ4n) is 2.05. The molecule has 0 saturated heterocycles. The van der Waals surface area contributed by atoms with Gasteiger partial charge in [-0.3, -0.25) is 4.90 Å². The highest BCUT2D eigenvalue weighted by Crippen LogP contribution is 2.11. The Morgan fingerprint density at radius 2 is 2.00 bits per heavy atom. The van der Waals surface area contributed by atoms with Crippen LogP contribution >= 0.6 is 0 Å². The molecule has 0 unspecified atom stereocenters. The Kier molecular flexibility index (Phi) is 4.71. The number of aliphatic hydroxyl groups is 1. The third kappa shape index (κ3) is 3.66. The topological polar surface area (TPSA) is 41.3 Å². The van der Waals surface area contributed by atoms with Crippen LogP contribution in [0.15, 0.2) is 42.7 Å². The van der Waals surface area contributed by atoms with Gasteiger partial charge in [0, 0.05) is 30.9 Å². The van der Waals surface area contributed by atoms with Gasteiger partial charge in [-0.2, -0.15) is 5.10 Å². The van der Waals surface area contributed by atoms with Crippen molar-refractivity contribution in [2.24, 2.45) is 0 Å². The number of para-hydroxylation sites is 1. The van der Waals surface area contributed by atoms with Gasteiger partial charge in [-0.1, -0.05) is 18.2 Å². The number of hydrogen-bond donors (Lipinski definition) is 1. The van der Waals surface area contributed by atoms with E-state index < -0.39 is 0 Å². The minimum atomic E-state index is 0.186. The van der Waals surface area contributed by atoms with Crippen LogP contribution in [0.3, 0.4) is 0 Å². The van der Waals surface area contributed by atoms with Crippen molar-refractivity contribution in [1.82, 2.24) is 14.7 Å². The normalized spacial score (nSPS) is 11.4. The third-order valence-electron chi connectivity index (χ3n) is 3.16. The Morgan fingerprint density at radius 1 is 1.26 bits per heavy atom. The Balaban J connectivity index is 2.09. The van der Waals surface area contributed by atoms with Crippen molar-refractivity contribution in [2.75, 3.05) is 13.2 Å². The van der Waals surface area contributed by atoms with E-state index in [1.807, 2.05) is 47.4 Å². The fourth-order valence-corrected chi connectivity index (χ4v) is 2.05. The first kappa shape index (κ1) is 13.8. The zero-order chi connectivity index (χ0) is 13.7. The second-order valence-electron chi connectivity index (χ2n) is 4.92. The van der Waals surface area contributed by atoms with Gasteiger partial charge in [-0.05, 0) is 26.0 Å². The van der Waals surface area contributed by atoms with Crippen molar-refractivity contribution in [3.63, 3.8) is 0 Å². The average molecular weight is 259 g/mol. The molecule has 1 aromatic carbocycles. The van der Waals surface area contributed by atoms with Gasteiger partial charge in [0.1, 0.15) is 0 Å². The molecule has 1 N–H and O–H groups in total. The van der Waals surface area contributed by atoms with Gasteiger partial charge >= 0.3 is 0 Å². The van der Waals surface area contributed by atoms with Gasteiger partial charge in [0.15, 0.2) is 0 Å². The average Bonchev–Trinajstić information content (AvgIpc) is 2.88. The molecule has 0 atom stereocenters. The van der Waals surface area contributed by atoms with Crippen LogP contribution in [0.4, 0.5) is 0 Å². The number of hydrogen-bond acceptors (Lipinski definition) is 3. The highest BCUT2D eigenvalue weighted by molar-refractivity contribution is 5.30. The second-order valence-corrected chi connectivity index (χ2v) is 4.92. The van der Waals surface area contributed by atoms with E-state index in [4.69, 9.17) is 5.11 Å². The molecule has 0 radical (unpaired) electrons. The molecule has 4 nitrogen and oxygen atoms in total. The summed E-state index contributed by atoms with van der Waals surface area (Å²) in [4.78, 5) is 2.23. The molecular formula is C15H21N3O. The Bertz CT molecular complexity index is 493. The first-order valence-electron chi connectivity index (χ1n) is 6.64. The van der Waals surface area contributed by atoms with E-state index in [1.54, 1.807) is 0 Å². The monoisotopic (exact) mass is 259 g/mol. The zero-order valence-corrected chi connectivity index (χ0v) is 11.5. The van der Waals surface area contributed by atoms with Gasteiger partial charge in [0.25, 0.3) is 0 Å². The van der Waals surface area contributed by atoms with Crippen LogP contribution in [-0.2, 0) is 6.54 Å². The molecule has 19 heavy (non-hydrogen) atoms. The van der Waals surface area contributed by atoms with Crippen molar-refractivity contribution in [2.45, 2.75) is 26.4 Å². The summed E-state index contributed by atoms with van der Waals surface area (Å²) in [5.41, 5.74) is 2.22. The maximum Gasteiger partial charge on any atom is 0.0645 e. The summed E-state index contributed by atoms with van der Waals surface area (Å²) in [5, 5.41) is 13.5. The van der Waals surface area contributed by atoms with Crippen LogP contribution in [0.2, 0.25) is 0 Å². The largest absolute Gasteiger partial charge is 0.395 e. The van der Waals surface area contributed by atoms with E-state index in [2.05, 4.69) is 23.8 Å². The standard InChI is InChI=1S/C15H21N3O/c1-13(2)17(8-9-19)11-14-10-16-18(12-14)15-6-4-3-5-7-15/h3-7,10,12-13,19H,8-9,11H2,1-2H3. The molecule has 2 rings (SSSR count). The maximum absolute atomic E-state index is 9.08. The molecule has 0 fully saturated rings. The highest BCUT2D eigenvalue weighted by Gasteiger charge is 2.10. The lowest BCUT2D eigenvalue weighted by Crippen LogP contribution is -2.32. The molecule has 4 heteroatoms. The summed E-state index contributed by atoms with van der Waals surface area (Å²) >= 11 is 0. The van der Waals surface area contributed by atoms with Gasteiger partial charge in [0.05, 0.1) is 18.5 Å². The van der Waals surface area contributed by atoms with Crippen molar-refractivity contribution in [3.05, 3.63) is 48.3 Å². The Morgan fingerprint density at radius 3 is 2.63 bits per heavy atom. The quantitative estimate of drug-likeness (QED) is 0.863. The van der Waals surface area contributed by atoms with Crippen molar-refractivity contribution in [3.8, 4) is 5.69 Å². The molecule has 1 aromatic heterocycles. The number of rotatable bonds is 6. The lowest BCUT2D eigenvalue weighted by atomic mass is 10.2. The van der Waals surface area contributed by atoms with Crippen molar-refractivity contribution in [1.29, 1.82) is 0 Å². The van der Waals surface area contributed by atoms with E-state index in [1.165, 1.54) is 0 Å². The number of benzene rings is 1. The van der Waals surface area contributed by atoms with E-state index in [0.29, 0.717) is 12.6 Å². The summed E-state index contributed by atoms with van der Waals surface area (Å²) in [5.74, 6) is 0. The van der Waals surface area contributed by atoms with E-state index in [-0.39, 0.29) is 6.61 Å². The van der Waals surface area contributed by atoms with Gasteiger partial charge in [0.2, 0.25) is 0 Å². The van der Waals surface area contributed by atoms with Crippen LogP contribution in [0.5, 0.6) is 0 Å². The molecule has 0 bridgehead atoms. The highest BCUT2D eigenvalue weighted by atomic mass is 16.3. The summed E-state index contributed by atoms with van der Waals surface area (Å²) in [6, 6.07) is 10.5. The SMILES string of the molecule is CC(C)N(CCO)Cc1cnn(-c2ccccc2)c1. The number of nitrogens with zero attached hydrogens (tertiary/aromatic N) is 3. The zero-order valence-electron chi connectivity index (χ0n) is 11.5. The van der Waals surface area contributed by atoms with Crippen LogP contribution in [0.1, 0.15) is 19.4 Å². The number of aliphatic hydroxyl groups excluding tert-OH is 1. The molecule has 0 aliphatic heterocycles. The van der Waals surface area contributed by atoms with E-state index in [0.717, 1.165) is 17.8 Å². The molecule has 2 aromatic rings. The van der Waals surface area contributed by atoms with E-state index >= 15 is 0 Å². The second kappa shape index (κ2) is 6.50. The van der Waals surface area contributed by atoms with Gasteiger partial charge in [-0.15, -0.1) is 0 Å². The van der Waals surface area contributed by atoms with Crippen molar-refractivity contribution >= 4 is 0 Å². The molecule has 1 heterocycles. The maximum atomic E-state index is 9.08. The van der Waals surface area contributed by atoms with Crippen LogP contribution < -0.4 is 0 Å². The molecular weight excluding hydrogens is 238 g/mol. The summed E-state index contributed by atoms with van der Waals surface area (Å²) in [6.07, 6.45) is 3.93. The minimum absolute atomic E-state index is 0.186. The van der Waals surface area contributed by atoms with Crippen LogP contribution in [-0.4, -0.2) is 39.0 Å². The summed E-state index contributed by atoms with van der Waals surface area (Å²) in [6.45, 7) is 5.96. The Labute approximate surface area is 114 Å². The van der Waals surface area contributed by atoms with Crippen LogP contribution in [0, 0.1) is 0 Å². The van der Waals surface area contributed by atoms with Gasteiger partial charge < -0.3 is 5.11 Å². The summed E-state index contributed by atoms with van der Waals surface area (Å²) in [7, 11) is 0. The molecule has 0 aliphatic rings. The molecule has 0 saturated carbocycles. The minimum Gasteiger partial charge on any atom is -0.395 e. The predicted octanol–water partition coefficient (Wildman–Crippen LogP) is 2.08. The molecule has 102 valence electrons. The fraction of sp³-hybridized carbons (Fsp3) is 0.400. The first-order valence-corrected chi connectivity index (χ1v) is 6.64. The predicted molar refractivity (Wildman–Crippen MR) is 76.2 cm³/mol. The molecule has 0 aliphatic carbocycles. The molecule has 0 spiro atoms. The lowest BCUT2D eigenvalue weighted by molar-refractivity contribution is 0.159. The lowest BCUT2D eigenvalue weighted by Gasteiger charge is -2.24. The first-order chi connectivity index (χ1) is 9.20. The van der Waals surface area contributed by atoms with Crippen molar-refractivity contribution < 1.29 is 5.11 Å². The summed E-state index contributed by atoms with van der Waals surface area (Å²) < 4.78 is 1.88. The third-order valence-corrected chi connectivity index (χ3v) is 3.16. The number of aromatic nitrogens is 2.